The van der Waals surface area contributed by atoms with Gasteiger partial charge in [-0.3, -0.25) is 4.79 Å². The summed E-state index contributed by atoms with van der Waals surface area (Å²) in [5.41, 5.74) is 3.23. The maximum absolute atomic E-state index is 13.1. The smallest absolute Gasteiger partial charge is 0.236 e. The minimum Gasteiger partial charge on any atom is -0.454 e. The van der Waals surface area contributed by atoms with Crippen LogP contribution >= 0.6 is 11.6 Å². The van der Waals surface area contributed by atoms with Crippen LogP contribution in [-0.4, -0.2) is 17.7 Å². The molecule has 146 valence electrons. The van der Waals surface area contributed by atoms with E-state index in [-0.39, 0.29) is 12.7 Å². The SMILES string of the molecule is Cc1cc(Cl)ccc1-c1cccc(NC(=O)C2(c3ccc4c(c3)OCO4)CC2)n1. The van der Waals surface area contributed by atoms with Crippen molar-refractivity contribution in [3.8, 4) is 22.8 Å². The molecule has 0 unspecified atom stereocenters. The number of hydrogen-bond donors (Lipinski definition) is 1. The van der Waals surface area contributed by atoms with Gasteiger partial charge in [-0.1, -0.05) is 29.8 Å². The van der Waals surface area contributed by atoms with Gasteiger partial charge in [0, 0.05) is 10.6 Å². The minimum absolute atomic E-state index is 0.0474. The standard InChI is InChI=1S/C23H19ClN2O3/c1-14-11-16(24)6-7-17(14)18-3-2-4-21(25-18)26-22(27)23(9-10-23)15-5-8-19-20(12-15)29-13-28-19/h2-8,11-12H,9-10,13H2,1H3,(H,25,26,27). The Morgan fingerprint density at radius 3 is 2.69 bits per heavy atom. The molecule has 2 aromatic carbocycles. The molecule has 1 aromatic heterocycles. The first-order chi connectivity index (χ1) is 14.0. The van der Waals surface area contributed by atoms with E-state index in [1.165, 1.54) is 0 Å². The number of ether oxygens (including phenoxy) is 2. The summed E-state index contributed by atoms with van der Waals surface area (Å²) in [6.07, 6.45) is 1.60. The third-order valence-corrected chi connectivity index (χ3v) is 5.80. The first kappa shape index (κ1) is 18.0. The molecule has 0 bridgehead atoms. The van der Waals surface area contributed by atoms with Crippen LogP contribution in [0, 0.1) is 6.92 Å². The maximum Gasteiger partial charge on any atom is 0.236 e. The number of anilines is 1. The van der Waals surface area contributed by atoms with Gasteiger partial charge in [-0.15, -0.1) is 0 Å². The first-order valence-electron chi connectivity index (χ1n) is 9.50. The van der Waals surface area contributed by atoms with Gasteiger partial charge in [0.1, 0.15) is 5.82 Å². The van der Waals surface area contributed by atoms with Crippen LogP contribution in [0.3, 0.4) is 0 Å². The second kappa shape index (κ2) is 6.78. The van der Waals surface area contributed by atoms with Crippen molar-refractivity contribution in [2.75, 3.05) is 12.1 Å². The van der Waals surface area contributed by atoms with E-state index in [1.54, 1.807) is 0 Å². The highest BCUT2D eigenvalue weighted by Gasteiger charge is 2.51. The average Bonchev–Trinajstić information content (AvgIpc) is 3.39. The Hall–Kier alpha value is -3.05. The molecule has 0 saturated heterocycles. The van der Waals surface area contributed by atoms with E-state index in [0.717, 1.165) is 41.0 Å². The Balaban J connectivity index is 1.40. The Morgan fingerprint density at radius 1 is 1.07 bits per heavy atom. The van der Waals surface area contributed by atoms with Crippen LogP contribution in [0.2, 0.25) is 5.02 Å². The second-order valence-electron chi connectivity index (χ2n) is 7.47. The number of carbonyl (C=O) groups is 1. The van der Waals surface area contributed by atoms with Gasteiger partial charge in [0.15, 0.2) is 11.5 Å². The highest BCUT2D eigenvalue weighted by Crippen LogP contribution is 2.51. The topological polar surface area (TPSA) is 60.5 Å². The predicted molar refractivity (Wildman–Crippen MR) is 112 cm³/mol. The predicted octanol–water partition coefficient (Wildman–Crippen LogP) is 5.11. The van der Waals surface area contributed by atoms with Gasteiger partial charge in [0.05, 0.1) is 11.1 Å². The molecule has 0 radical (unpaired) electrons. The lowest BCUT2D eigenvalue weighted by molar-refractivity contribution is -0.118. The fraction of sp³-hybridized carbons (Fsp3) is 0.217. The summed E-state index contributed by atoms with van der Waals surface area (Å²) in [6, 6.07) is 17.0. The number of pyridine rings is 1. The summed E-state index contributed by atoms with van der Waals surface area (Å²) >= 11 is 6.06. The van der Waals surface area contributed by atoms with Crippen molar-refractivity contribution in [2.45, 2.75) is 25.2 Å². The van der Waals surface area contributed by atoms with E-state index in [1.807, 2.05) is 61.5 Å². The Kier molecular flexibility index (Phi) is 4.21. The van der Waals surface area contributed by atoms with Gasteiger partial charge in [-0.2, -0.15) is 0 Å². The molecule has 1 saturated carbocycles. The number of amides is 1. The van der Waals surface area contributed by atoms with Gasteiger partial charge >= 0.3 is 0 Å². The monoisotopic (exact) mass is 406 g/mol. The van der Waals surface area contributed by atoms with E-state index < -0.39 is 5.41 Å². The Labute approximate surface area is 173 Å². The lowest BCUT2D eigenvalue weighted by Crippen LogP contribution is -2.28. The number of rotatable bonds is 4. The number of aromatic nitrogens is 1. The zero-order valence-electron chi connectivity index (χ0n) is 15.9. The molecular weight excluding hydrogens is 388 g/mol. The number of halogens is 1. The van der Waals surface area contributed by atoms with Crippen molar-refractivity contribution < 1.29 is 14.3 Å². The van der Waals surface area contributed by atoms with Crippen molar-refractivity contribution in [1.82, 2.24) is 4.98 Å². The van der Waals surface area contributed by atoms with E-state index in [9.17, 15) is 4.79 Å². The number of fused-ring (bicyclic) bond motifs is 1. The third-order valence-electron chi connectivity index (χ3n) is 5.56. The summed E-state index contributed by atoms with van der Waals surface area (Å²) in [4.78, 5) is 17.8. The number of benzene rings is 2. The molecule has 5 nitrogen and oxygen atoms in total. The van der Waals surface area contributed by atoms with E-state index in [2.05, 4.69) is 10.3 Å². The van der Waals surface area contributed by atoms with Gasteiger partial charge in [0.2, 0.25) is 12.7 Å². The van der Waals surface area contributed by atoms with Crippen LogP contribution in [0.25, 0.3) is 11.3 Å². The molecule has 2 heterocycles. The van der Waals surface area contributed by atoms with Crippen LogP contribution in [0.1, 0.15) is 24.0 Å². The summed E-state index contributed by atoms with van der Waals surface area (Å²) in [5, 5.41) is 3.69. The van der Waals surface area contributed by atoms with Crippen LogP contribution in [0.4, 0.5) is 5.82 Å². The fourth-order valence-electron chi connectivity index (χ4n) is 3.77. The fourth-order valence-corrected chi connectivity index (χ4v) is 4.00. The summed E-state index contributed by atoms with van der Waals surface area (Å²) in [6.45, 7) is 2.21. The average molecular weight is 407 g/mol. The first-order valence-corrected chi connectivity index (χ1v) is 9.88. The van der Waals surface area contributed by atoms with Crippen LogP contribution in [0.5, 0.6) is 11.5 Å². The Morgan fingerprint density at radius 2 is 1.90 bits per heavy atom. The van der Waals surface area contributed by atoms with E-state index in [0.29, 0.717) is 16.6 Å². The van der Waals surface area contributed by atoms with Crippen LogP contribution in [-0.2, 0) is 10.2 Å². The molecule has 5 rings (SSSR count). The quantitative estimate of drug-likeness (QED) is 0.654. The zero-order valence-corrected chi connectivity index (χ0v) is 16.6. The van der Waals surface area contributed by atoms with Crippen molar-refractivity contribution in [2.24, 2.45) is 0 Å². The number of carbonyl (C=O) groups excluding carboxylic acids is 1. The highest BCUT2D eigenvalue weighted by molar-refractivity contribution is 6.30. The summed E-state index contributed by atoms with van der Waals surface area (Å²) in [5.74, 6) is 1.90. The molecule has 1 fully saturated rings. The van der Waals surface area contributed by atoms with E-state index in [4.69, 9.17) is 21.1 Å². The van der Waals surface area contributed by atoms with Gasteiger partial charge in [0.25, 0.3) is 0 Å². The van der Waals surface area contributed by atoms with Crippen molar-refractivity contribution in [1.29, 1.82) is 0 Å². The minimum atomic E-state index is -0.533. The summed E-state index contributed by atoms with van der Waals surface area (Å²) < 4.78 is 10.8. The number of aryl methyl sites for hydroxylation is 1. The highest BCUT2D eigenvalue weighted by atomic mass is 35.5. The molecular formula is C23H19ClN2O3. The normalized spacial score (nSPS) is 15.8. The lowest BCUT2D eigenvalue weighted by Gasteiger charge is -2.16. The molecule has 0 atom stereocenters. The molecule has 1 N–H and O–H groups in total. The summed E-state index contributed by atoms with van der Waals surface area (Å²) in [7, 11) is 0. The van der Waals surface area contributed by atoms with Gasteiger partial charge < -0.3 is 14.8 Å². The molecule has 1 aliphatic carbocycles. The molecule has 0 spiro atoms. The zero-order chi connectivity index (χ0) is 20.0. The third kappa shape index (κ3) is 3.21. The number of hydrogen-bond acceptors (Lipinski definition) is 4. The van der Waals surface area contributed by atoms with Gasteiger partial charge in [-0.05, 0) is 67.3 Å². The molecule has 6 heteroatoms. The molecule has 2 aliphatic rings. The maximum atomic E-state index is 13.1. The molecule has 29 heavy (non-hydrogen) atoms. The van der Waals surface area contributed by atoms with Crippen molar-refractivity contribution in [3.63, 3.8) is 0 Å². The van der Waals surface area contributed by atoms with Crippen LogP contribution in [0.15, 0.2) is 54.6 Å². The number of nitrogens with zero attached hydrogens (tertiary/aromatic N) is 1. The van der Waals surface area contributed by atoms with Crippen LogP contribution < -0.4 is 14.8 Å². The molecule has 3 aromatic rings. The second-order valence-corrected chi connectivity index (χ2v) is 7.91. The molecule has 1 aliphatic heterocycles. The number of nitrogens with one attached hydrogen (secondary N) is 1. The van der Waals surface area contributed by atoms with E-state index >= 15 is 0 Å². The Bertz CT molecular complexity index is 1120. The van der Waals surface area contributed by atoms with Crippen molar-refractivity contribution in [3.05, 3.63) is 70.7 Å². The van der Waals surface area contributed by atoms with Gasteiger partial charge in [-0.25, -0.2) is 4.98 Å². The molecule has 1 amide bonds. The largest absolute Gasteiger partial charge is 0.454 e. The van der Waals surface area contributed by atoms with Crippen molar-refractivity contribution >= 4 is 23.3 Å². The lowest BCUT2D eigenvalue weighted by atomic mass is 9.94.